The first-order valence-electron chi connectivity index (χ1n) is 0.698. The van der Waals surface area contributed by atoms with Crippen LogP contribution in [0.3, 0.4) is 0 Å². The second-order valence-corrected chi connectivity index (χ2v) is 2.65. The van der Waals surface area contributed by atoms with Gasteiger partial charge >= 0.3 is 37.7 Å². The van der Waals surface area contributed by atoms with E-state index >= 15 is 0 Å². The van der Waals surface area contributed by atoms with E-state index in [1.807, 2.05) is 0 Å². The van der Waals surface area contributed by atoms with Gasteiger partial charge in [0.15, 0.2) is 0 Å². The van der Waals surface area contributed by atoms with Crippen LogP contribution in [-0.2, 0) is 20.2 Å². The number of hydrogen-bond donors (Lipinski definition) is 2. The summed E-state index contributed by atoms with van der Waals surface area (Å²) in [6, 6.07) is 0. The maximum Gasteiger partial charge on any atom is 2.00 e. The molecule has 0 aliphatic rings. The van der Waals surface area contributed by atoms with E-state index in [0.29, 0.717) is 0 Å². The monoisotopic (exact) mass is 156 g/mol. The van der Waals surface area contributed by atoms with E-state index in [1.54, 1.807) is 0 Å². The van der Waals surface area contributed by atoms with E-state index in [2.05, 4.69) is 11.2 Å². The van der Waals surface area contributed by atoms with Crippen LogP contribution in [0.15, 0.2) is 0 Å². The summed E-state index contributed by atoms with van der Waals surface area (Å²) in [5.74, 6) is 0. The molecule has 36 valence electrons. The molecule has 0 aliphatic carbocycles. The number of rotatable bonds is 0. The molecule has 0 saturated heterocycles. The largest absolute Gasteiger partial charge is 2.00 e. The Bertz CT molecular complexity index is 98.5. The van der Waals surface area contributed by atoms with Gasteiger partial charge in [-0.2, -0.15) is 4.21 Å². The van der Waals surface area contributed by atoms with E-state index in [1.165, 1.54) is 0 Å². The van der Waals surface area contributed by atoms with Gasteiger partial charge in [-0.15, -0.1) is 0 Å². The van der Waals surface area contributed by atoms with Crippen molar-refractivity contribution in [2.75, 3.05) is 0 Å². The minimum absolute atomic E-state index is 0. The molecule has 0 saturated carbocycles. The third-order valence-electron chi connectivity index (χ3n) is 0. The van der Waals surface area contributed by atoms with Crippen molar-refractivity contribution in [3.63, 3.8) is 0 Å². The van der Waals surface area contributed by atoms with Crippen LogP contribution < -0.4 is 0 Å². The Kier molecular flexibility index (Phi) is 6.20. The Morgan fingerprint density at radius 1 is 1.67 bits per heavy atom. The van der Waals surface area contributed by atoms with Gasteiger partial charge < -0.3 is 2.85 Å². The van der Waals surface area contributed by atoms with E-state index in [9.17, 15) is 0 Å². The Morgan fingerprint density at radius 2 is 1.67 bits per heavy atom. The van der Waals surface area contributed by atoms with Crippen molar-refractivity contribution in [3.8, 4) is 0 Å². The van der Waals surface area contributed by atoms with Gasteiger partial charge in [0.25, 0.3) is 9.05 Å². The van der Waals surface area contributed by atoms with Gasteiger partial charge in [-0.3, -0.25) is 9.11 Å². The van der Waals surface area contributed by atoms with Crippen molar-refractivity contribution < 1.29 is 16.2 Å². The zero-order valence-electron chi connectivity index (χ0n) is 4.83. The molecule has 0 heterocycles. The minimum Gasteiger partial charge on any atom is -1.00 e. The molecule has 0 aromatic rings. The first kappa shape index (κ1) is 10.5. The first-order chi connectivity index (χ1) is 2.00. The second kappa shape index (κ2) is 3.54. The SMILES string of the molecule is O=S(O)(O)=S.[Ca+2].[H-].[H-]. The maximum atomic E-state index is 9.11. The van der Waals surface area contributed by atoms with Crippen LogP contribution in [0, 0.1) is 0 Å². The van der Waals surface area contributed by atoms with Crippen LogP contribution in [0.25, 0.3) is 0 Å². The van der Waals surface area contributed by atoms with Crippen LogP contribution in [0.4, 0.5) is 0 Å². The van der Waals surface area contributed by atoms with Gasteiger partial charge in [0.2, 0.25) is 0 Å². The van der Waals surface area contributed by atoms with Crippen LogP contribution >= 0.6 is 0 Å². The van der Waals surface area contributed by atoms with Crippen LogP contribution in [0.2, 0.25) is 0 Å². The molecule has 6 heavy (non-hydrogen) atoms. The number of hydrogen-bond acceptors (Lipinski definition) is 2. The summed E-state index contributed by atoms with van der Waals surface area (Å²) in [7, 11) is -3.83. The molecule has 0 atom stereocenters. The summed E-state index contributed by atoms with van der Waals surface area (Å²) >= 11 is 3.47. The maximum absolute atomic E-state index is 9.11. The molecule has 0 aromatic heterocycles. The predicted octanol–water partition coefficient (Wildman–Crippen LogP) is -0.477. The third kappa shape index (κ3) is 47.8. The molecule has 0 unspecified atom stereocenters. The van der Waals surface area contributed by atoms with Crippen molar-refractivity contribution in [1.82, 2.24) is 0 Å². The third-order valence-corrected chi connectivity index (χ3v) is 0. The summed E-state index contributed by atoms with van der Waals surface area (Å²) in [6.45, 7) is 0. The molecule has 0 bridgehead atoms. The summed E-state index contributed by atoms with van der Waals surface area (Å²) < 4.78 is 24.0. The molecule has 0 aliphatic heterocycles. The van der Waals surface area contributed by atoms with Crippen LogP contribution in [0.1, 0.15) is 2.85 Å². The molecule has 3 nitrogen and oxygen atoms in total. The molecule has 0 rings (SSSR count). The molecule has 0 amide bonds. The Hall–Kier alpha value is 1.55. The van der Waals surface area contributed by atoms with Gasteiger partial charge in [0, 0.05) is 11.2 Å². The van der Waals surface area contributed by atoms with Crippen LogP contribution in [0.5, 0.6) is 0 Å². The fourth-order valence-corrected chi connectivity index (χ4v) is 0. The van der Waals surface area contributed by atoms with Crippen molar-refractivity contribution >= 4 is 58.0 Å². The quantitative estimate of drug-likeness (QED) is 0.465. The fraction of sp³-hybridized carbons (Fsp3) is 0. The molecule has 0 radical (unpaired) electrons. The van der Waals surface area contributed by atoms with E-state index in [4.69, 9.17) is 13.3 Å². The van der Waals surface area contributed by atoms with E-state index in [0.717, 1.165) is 0 Å². The molecule has 6 heteroatoms. The normalized spacial score (nSPS) is 9.67. The molecule has 0 spiro atoms. The molecular weight excluding hydrogens is 152 g/mol. The standard InChI is InChI=1S/Ca.H2O3S2.2H/c;1-5(2,3)4;;/h;(H2,1,2,3,4);;/q+2;;2*-1. The van der Waals surface area contributed by atoms with Crippen molar-refractivity contribution in [3.05, 3.63) is 0 Å². The average Bonchev–Trinajstić information content (AvgIpc) is 0.722. The summed E-state index contributed by atoms with van der Waals surface area (Å²) in [5.41, 5.74) is 0. The first-order valence-corrected chi connectivity index (χ1v) is 3.10. The molecule has 0 aromatic carbocycles. The summed E-state index contributed by atoms with van der Waals surface area (Å²) in [4.78, 5) is 0. The molecule has 0 fully saturated rings. The summed E-state index contributed by atoms with van der Waals surface area (Å²) in [5, 5.41) is 0. The zero-order valence-corrected chi connectivity index (χ0v) is 6.67. The van der Waals surface area contributed by atoms with E-state index in [-0.39, 0.29) is 40.6 Å². The smallest absolute Gasteiger partial charge is 1.00 e. The topological polar surface area (TPSA) is 57.5 Å². The fourth-order valence-electron chi connectivity index (χ4n) is 0. The molecular formula is H4CaO3S2. The van der Waals surface area contributed by atoms with Crippen molar-refractivity contribution in [2.45, 2.75) is 0 Å². The van der Waals surface area contributed by atoms with Crippen LogP contribution in [-0.4, -0.2) is 51.1 Å². The molecule has 2 N–H and O–H groups in total. The van der Waals surface area contributed by atoms with Gasteiger partial charge in [0.1, 0.15) is 0 Å². The average molecular weight is 156 g/mol. The van der Waals surface area contributed by atoms with E-state index < -0.39 is 9.05 Å². The Morgan fingerprint density at radius 3 is 1.67 bits per heavy atom. The van der Waals surface area contributed by atoms with Crippen molar-refractivity contribution in [2.24, 2.45) is 0 Å². The van der Waals surface area contributed by atoms with Crippen molar-refractivity contribution in [1.29, 1.82) is 0 Å². The second-order valence-electron chi connectivity index (χ2n) is 0.448. The van der Waals surface area contributed by atoms with Gasteiger partial charge in [-0.1, -0.05) is 0 Å². The van der Waals surface area contributed by atoms with Gasteiger partial charge in [-0.25, -0.2) is 0 Å². The Labute approximate surface area is 73.4 Å². The Balaban J connectivity index is -0.0000000267. The van der Waals surface area contributed by atoms with Gasteiger partial charge in [0.05, 0.1) is 0 Å². The summed E-state index contributed by atoms with van der Waals surface area (Å²) in [6.07, 6.45) is 0. The minimum atomic E-state index is -3.83. The van der Waals surface area contributed by atoms with Gasteiger partial charge in [-0.05, 0) is 0 Å². The predicted molar refractivity (Wildman–Crippen MR) is 28.7 cm³/mol. The zero-order chi connectivity index (χ0) is 4.50.